The van der Waals surface area contributed by atoms with Crippen LogP contribution in [0.5, 0.6) is 0 Å². The number of rotatable bonds is 7. The maximum absolute atomic E-state index is 3.48. The van der Waals surface area contributed by atoms with Crippen LogP contribution in [-0.2, 0) is 0 Å². The first-order chi connectivity index (χ1) is 6.42. The summed E-state index contributed by atoms with van der Waals surface area (Å²) in [5.74, 6) is 0.815. The van der Waals surface area contributed by atoms with Crippen molar-refractivity contribution < 1.29 is 0 Å². The van der Waals surface area contributed by atoms with E-state index in [1.54, 1.807) is 0 Å². The lowest BCUT2D eigenvalue weighted by molar-refractivity contribution is 0.417. The Hall–Kier alpha value is -0.0800. The van der Waals surface area contributed by atoms with E-state index in [1.165, 1.54) is 12.8 Å². The lowest BCUT2D eigenvalue weighted by Gasteiger charge is -2.20. The van der Waals surface area contributed by atoms with E-state index in [2.05, 4.69) is 45.3 Å². The molecule has 2 N–H and O–H groups in total. The molecule has 2 heteroatoms. The third-order valence-electron chi connectivity index (χ3n) is 2.08. The lowest BCUT2D eigenvalue weighted by atomic mass is 10.1. The monoisotopic (exact) mass is 200 g/mol. The molecule has 2 nitrogen and oxygen atoms in total. The predicted octanol–water partition coefficient (Wildman–Crippen LogP) is 2.40. The summed E-state index contributed by atoms with van der Waals surface area (Å²) in [5, 5.41) is 6.94. The zero-order valence-corrected chi connectivity index (χ0v) is 10.6. The molecule has 0 rings (SSSR count). The van der Waals surface area contributed by atoms with Crippen LogP contribution in [0.25, 0.3) is 0 Å². The first kappa shape index (κ1) is 13.9. The van der Waals surface area contributed by atoms with E-state index in [-0.39, 0.29) is 5.54 Å². The third-order valence-corrected chi connectivity index (χ3v) is 2.08. The maximum Gasteiger partial charge on any atom is 0.00965 e. The van der Waals surface area contributed by atoms with Crippen molar-refractivity contribution in [3.05, 3.63) is 0 Å². The van der Waals surface area contributed by atoms with Gasteiger partial charge < -0.3 is 10.6 Å². The van der Waals surface area contributed by atoms with E-state index in [9.17, 15) is 0 Å². The van der Waals surface area contributed by atoms with E-state index < -0.39 is 0 Å². The average Bonchev–Trinajstić information content (AvgIpc) is 2.00. The number of hydrogen-bond acceptors (Lipinski definition) is 2. The fraction of sp³-hybridized carbons (Fsp3) is 1.00. The van der Waals surface area contributed by atoms with E-state index in [0.717, 1.165) is 25.6 Å². The molecule has 86 valence electrons. The summed E-state index contributed by atoms with van der Waals surface area (Å²) >= 11 is 0. The molecule has 0 saturated carbocycles. The average molecular weight is 200 g/mol. The maximum atomic E-state index is 3.48. The van der Waals surface area contributed by atoms with Gasteiger partial charge in [-0.25, -0.2) is 0 Å². The van der Waals surface area contributed by atoms with Crippen molar-refractivity contribution in [3.8, 4) is 0 Å². The van der Waals surface area contributed by atoms with E-state index in [0.29, 0.717) is 0 Å². The van der Waals surface area contributed by atoms with Gasteiger partial charge in [-0.2, -0.15) is 0 Å². The standard InChI is InChI=1S/C12H28N2/c1-11(2)7-10-13-8-6-9-14-12(3,4)5/h11,13-14H,6-10H2,1-5H3. The fourth-order valence-corrected chi connectivity index (χ4v) is 1.19. The highest BCUT2D eigenvalue weighted by atomic mass is 14.9. The summed E-state index contributed by atoms with van der Waals surface area (Å²) in [6, 6.07) is 0. The lowest BCUT2D eigenvalue weighted by Crippen LogP contribution is -2.37. The van der Waals surface area contributed by atoms with Gasteiger partial charge >= 0.3 is 0 Å². The molecule has 14 heavy (non-hydrogen) atoms. The van der Waals surface area contributed by atoms with Crippen LogP contribution in [0, 0.1) is 5.92 Å². The van der Waals surface area contributed by atoms with Gasteiger partial charge in [-0.1, -0.05) is 13.8 Å². The van der Waals surface area contributed by atoms with Crippen molar-refractivity contribution in [2.75, 3.05) is 19.6 Å². The Bertz CT molecular complexity index is 125. The normalized spacial score (nSPS) is 12.4. The fourth-order valence-electron chi connectivity index (χ4n) is 1.19. The molecule has 0 atom stereocenters. The first-order valence-electron chi connectivity index (χ1n) is 5.87. The van der Waals surface area contributed by atoms with E-state index in [4.69, 9.17) is 0 Å². The highest BCUT2D eigenvalue weighted by molar-refractivity contribution is 4.69. The molecule has 0 unspecified atom stereocenters. The highest BCUT2D eigenvalue weighted by Crippen LogP contribution is 1.98. The van der Waals surface area contributed by atoms with E-state index in [1.807, 2.05) is 0 Å². The van der Waals surface area contributed by atoms with Gasteiger partial charge in [0.1, 0.15) is 0 Å². The van der Waals surface area contributed by atoms with Gasteiger partial charge in [0.15, 0.2) is 0 Å². The minimum Gasteiger partial charge on any atom is -0.317 e. The van der Waals surface area contributed by atoms with Crippen molar-refractivity contribution in [2.45, 2.75) is 53.0 Å². The molecular formula is C12H28N2. The molecule has 0 aliphatic rings. The summed E-state index contributed by atoms with van der Waals surface area (Å²) in [5.41, 5.74) is 0.262. The van der Waals surface area contributed by atoms with Crippen LogP contribution in [0.1, 0.15) is 47.5 Å². The zero-order chi connectivity index (χ0) is 11.0. The van der Waals surface area contributed by atoms with Crippen LogP contribution in [0.3, 0.4) is 0 Å². The van der Waals surface area contributed by atoms with Crippen molar-refractivity contribution in [1.29, 1.82) is 0 Å². The van der Waals surface area contributed by atoms with Crippen LogP contribution >= 0.6 is 0 Å². The molecule has 0 spiro atoms. The van der Waals surface area contributed by atoms with Crippen LogP contribution in [0.2, 0.25) is 0 Å². The van der Waals surface area contributed by atoms with Crippen molar-refractivity contribution in [3.63, 3.8) is 0 Å². The van der Waals surface area contributed by atoms with Crippen LogP contribution in [-0.4, -0.2) is 25.2 Å². The smallest absolute Gasteiger partial charge is 0.00965 e. The topological polar surface area (TPSA) is 24.1 Å². The molecule has 0 aromatic rings. The second-order valence-electron chi connectivity index (χ2n) is 5.46. The number of hydrogen-bond donors (Lipinski definition) is 2. The second-order valence-corrected chi connectivity index (χ2v) is 5.46. The summed E-state index contributed by atoms with van der Waals surface area (Å²) in [6.07, 6.45) is 2.50. The predicted molar refractivity (Wildman–Crippen MR) is 64.7 cm³/mol. The molecule has 0 bridgehead atoms. The Morgan fingerprint density at radius 2 is 1.64 bits per heavy atom. The molecule has 0 aromatic carbocycles. The SMILES string of the molecule is CC(C)CCNCCCNC(C)(C)C. The quantitative estimate of drug-likeness (QED) is 0.617. The van der Waals surface area contributed by atoms with Gasteiger partial charge in [0.05, 0.1) is 0 Å². The summed E-state index contributed by atoms with van der Waals surface area (Å²) in [4.78, 5) is 0. The molecule has 0 aliphatic heterocycles. The minimum atomic E-state index is 0.262. The molecule has 0 saturated heterocycles. The van der Waals surface area contributed by atoms with Crippen LogP contribution < -0.4 is 10.6 Å². The Morgan fingerprint density at radius 3 is 2.14 bits per heavy atom. The van der Waals surface area contributed by atoms with Gasteiger partial charge in [0.2, 0.25) is 0 Å². The minimum absolute atomic E-state index is 0.262. The Kier molecular flexibility index (Phi) is 7.20. The Morgan fingerprint density at radius 1 is 1.00 bits per heavy atom. The van der Waals surface area contributed by atoms with Gasteiger partial charge in [-0.05, 0) is 59.2 Å². The van der Waals surface area contributed by atoms with Crippen LogP contribution in [0.4, 0.5) is 0 Å². The van der Waals surface area contributed by atoms with Crippen molar-refractivity contribution >= 4 is 0 Å². The molecule has 0 aliphatic carbocycles. The van der Waals surface area contributed by atoms with E-state index >= 15 is 0 Å². The third kappa shape index (κ3) is 11.9. The molecule has 0 heterocycles. The number of nitrogens with one attached hydrogen (secondary N) is 2. The van der Waals surface area contributed by atoms with Gasteiger partial charge in [-0.15, -0.1) is 0 Å². The van der Waals surface area contributed by atoms with Crippen molar-refractivity contribution in [2.24, 2.45) is 5.92 Å². The van der Waals surface area contributed by atoms with Crippen molar-refractivity contribution in [1.82, 2.24) is 10.6 Å². The largest absolute Gasteiger partial charge is 0.317 e. The van der Waals surface area contributed by atoms with Gasteiger partial charge in [-0.3, -0.25) is 0 Å². The summed E-state index contributed by atoms with van der Waals surface area (Å²) in [6.45, 7) is 14.6. The van der Waals surface area contributed by atoms with Gasteiger partial charge in [0.25, 0.3) is 0 Å². The first-order valence-corrected chi connectivity index (χ1v) is 5.87. The van der Waals surface area contributed by atoms with Gasteiger partial charge in [0, 0.05) is 5.54 Å². The Labute approximate surface area is 89.9 Å². The van der Waals surface area contributed by atoms with Crippen LogP contribution in [0.15, 0.2) is 0 Å². The summed E-state index contributed by atoms with van der Waals surface area (Å²) in [7, 11) is 0. The zero-order valence-electron chi connectivity index (χ0n) is 10.6. The summed E-state index contributed by atoms with van der Waals surface area (Å²) < 4.78 is 0. The molecule has 0 amide bonds. The molecule has 0 aromatic heterocycles. The molecule has 0 fully saturated rings. The molecule has 0 radical (unpaired) electrons. The Balaban J connectivity index is 3.07. The molecular weight excluding hydrogens is 172 g/mol. The highest BCUT2D eigenvalue weighted by Gasteiger charge is 2.06. The second kappa shape index (κ2) is 7.24.